The molecule has 2 heterocycles. The number of rotatable bonds is 1. The van der Waals surface area contributed by atoms with E-state index in [1.54, 1.807) is 6.20 Å². The molecule has 0 aliphatic rings. The van der Waals surface area contributed by atoms with Gasteiger partial charge in [0.2, 0.25) is 0 Å². The van der Waals surface area contributed by atoms with Crippen LogP contribution >= 0.6 is 31.9 Å². The highest BCUT2D eigenvalue weighted by molar-refractivity contribution is 9.10. The van der Waals surface area contributed by atoms with E-state index in [9.17, 15) is 0 Å². The first-order chi connectivity index (χ1) is 8.63. The van der Waals surface area contributed by atoms with Gasteiger partial charge in [-0.25, -0.2) is 9.97 Å². The molecule has 0 saturated carbocycles. The Morgan fingerprint density at radius 2 is 1.94 bits per heavy atom. The number of fused-ring (bicyclic) bond motifs is 1. The largest absolute Gasteiger partial charge is 0.337 e. The van der Waals surface area contributed by atoms with Crippen LogP contribution in [0.5, 0.6) is 0 Å². The number of halogens is 2. The second-order valence-electron chi connectivity index (χ2n) is 4.07. The minimum absolute atomic E-state index is 0.729. The van der Waals surface area contributed by atoms with Gasteiger partial charge in [-0.05, 0) is 46.6 Å². The molecule has 3 aromatic rings. The fourth-order valence-corrected chi connectivity index (χ4v) is 2.54. The Hall–Kier alpha value is -1.20. The first-order valence-electron chi connectivity index (χ1n) is 5.41. The number of nitrogens with zero attached hydrogens (tertiary/aromatic N) is 2. The van der Waals surface area contributed by atoms with E-state index in [1.807, 2.05) is 12.1 Å². The van der Waals surface area contributed by atoms with Crippen molar-refractivity contribution in [3.63, 3.8) is 0 Å². The second-order valence-corrected chi connectivity index (χ2v) is 5.90. The summed E-state index contributed by atoms with van der Waals surface area (Å²) in [7, 11) is 0. The number of nitrogens with one attached hydrogen (secondary N) is 1. The Labute approximate surface area is 121 Å². The van der Waals surface area contributed by atoms with Gasteiger partial charge in [-0.1, -0.05) is 22.0 Å². The van der Waals surface area contributed by atoms with Gasteiger partial charge >= 0.3 is 0 Å². The predicted octanol–water partition coefficient (Wildman–Crippen LogP) is 4.46. The van der Waals surface area contributed by atoms with Crippen molar-refractivity contribution < 1.29 is 0 Å². The Morgan fingerprint density at radius 3 is 2.78 bits per heavy atom. The third-order valence-corrected chi connectivity index (χ3v) is 3.69. The molecule has 18 heavy (non-hydrogen) atoms. The molecule has 5 heteroatoms. The van der Waals surface area contributed by atoms with Crippen LogP contribution in [-0.4, -0.2) is 15.0 Å². The number of aromatic amines is 1. The van der Waals surface area contributed by atoms with Crippen LogP contribution in [0.1, 0.15) is 5.56 Å². The molecule has 0 radical (unpaired) electrons. The molecule has 0 bridgehead atoms. The van der Waals surface area contributed by atoms with Crippen molar-refractivity contribution in [3.8, 4) is 11.4 Å². The summed E-state index contributed by atoms with van der Waals surface area (Å²) in [6, 6.07) is 8.13. The van der Waals surface area contributed by atoms with E-state index in [4.69, 9.17) is 0 Å². The maximum atomic E-state index is 4.52. The smallest absolute Gasteiger partial charge is 0.178 e. The summed E-state index contributed by atoms with van der Waals surface area (Å²) in [5, 5.41) is 0. The van der Waals surface area contributed by atoms with E-state index < -0.39 is 0 Å². The molecule has 1 aromatic carbocycles. The molecule has 1 N–H and O–H groups in total. The highest BCUT2D eigenvalue weighted by Crippen LogP contribution is 2.26. The molecule has 0 unspecified atom stereocenters. The minimum Gasteiger partial charge on any atom is -0.337 e. The van der Waals surface area contributed by atoms with E-state index >= 15 is 0 Å². The summed E-state index contributed by atoms with van der Waals surface area (Å²) < 4.78 is 1.98. The lowest BCUT2D eigenvalue weighted by molar-refractivity contribution is 1.28. The zero-order chi connectivity index (χ0) is 12.7. The molecule has 0 amide bonds. The standard InChI is InChI=1S/C13H9Br2N3/c1-7-2-3-8(14)4-10(7)12-17-11-5-9(15)6-16-13(11)18-12/h2-6H,1H3,(H,16,17,18). The normalized spacial score (nSPS) is 11.1. The van der Waals surface area contributed by atoms with Gasteiger partial charge in [-0.2, -0.15) is 0 Å². The van der Waals surface area contributed by atoms with Gasteiger partial charge in [0, 0.05) is 20.7 Å². The maximum Gasteiger partial charge on any atom is 0.178 e. The quantitative estimate of drug-likeness (QED) is 0.690. The highest BCUT2D eigenvalue weighted by atomic mass is 79.9. The molecule has 3 rings (SSSR count). The lowest BCUT2D eigenvalue weighted by Crippen LogP contribution is -1.85. The first-order valence-corrected chi connectivity index (χ1v) is 7.00. The molecule has 0 atom stereocenters. The molecular formula is C13H9Br2N3. The van der Waals surface area contributed by atoms with Gasteiger partial charge in [0.25, 0.3) is 0 Å². The minimum atomic E-state index is 0.729. The summed E-state index contributed by atoms with van der Waals surface area (Å²) in [5.41, 5.74) is 3.92. The van der Waals surface area contributed by atoms with Gasteiger partial charge in [-0.15, -0.1) is 0 Å². The van der Waals surface area contributed by atoms with Gasteiger partial charge < -0.3 is 4.98 Å². The van der Waals surface area contributed by atoms with Crippen LogP contribution < -0.4 is 0 Å². The van der Waals surface area contributed by atoms with Crippen LogP contribution in [0, 0.1) is 6.92 Å². The van der Waals surface area contributed by atoms with Crippen molar-refractivity contribution in [2.24, 2.45) is 0 Å². The molecule has 0 saturated heterocycles. The zero-order valence-electron chi connectivity index (χ0n) is 9.54. The van der Waals surface area contributed by atoms with Gasteiger partial charge in [0.15, 0.2) is 5.65 Å². The summed E-state index contributed by atoms with van der Waals surface area (Å²) in [6.07, 6.45) is 1.75. The van der Waals surface area contributed by atoms with E-state index in [0.29, 0.717) is 0 Å². The highest BCUT2D eigenvalue weighted by Gasteiger charge is 2.09. The number of hydrogen-bond donors (Lipinski definition) is 1. The number of aromatic nitrogens is 3. The second kappa shape index (κ2) is 4.48. The molecule has 2 aromatic heterocycles. The Kier molecular flexibility index (Phi) is 2.95. The fourth-order valence-electron chi connectivity index (χ4n) is 1.85. The van der Waals surface area contributed by atoms with Gasteiger partial charge in [-0.3, -0.25) is 0 Å². The van der Waals surface area contributed by atoms with Crippen molar-refractivity contribution in [3.05, 3.63) is 45.0 Å². The summed E-state index contributed by atoms with van der Waals surface area (Å²) >= 11 is 6.89. The van der Waals surface area contributed by atoms with Crippen LogP contribution in [0.4, 0.5) is 0 Å². The van der Waals surface area contributed by atoms with E-state index in [2.05, 4.69) is 65.9 Å². The Bertz CT molecular complexity index is 734. The zero-order valence-corrected chi connectivity index (χ0v) is 12.7. The lowest BCUT2D eigenvalue weighted by Gasteiger charge is -2.02. The van der Waals surface area contributed by atoms with Crippen molar-refractivity contribution in [2.45, 2.75) is 6.92 Å². The monoisotopic (exact) mass is 365 g/mol. The molecule has 0 aliphatic heterocycles. The van der Waals surface area contributed by atoms with E-state index in [-0.39, 0.29) is 0 Å². The number of pyridine rings is 1. The van der Waals surface area contributed by atoms with E-state index in [0.717, 1.165) is 31.5 Å². The SMILES string of the molecule is Cc1ccc(Br)cc1-c1nc2ncc(Br)cc2[nH]1. The number of benzene rings is 1. The summed E-state index contributed by atoms with van der Waals surface area (Å²) in [4.78, 5) is 12.1. The molecule has 90 valence electrons. The molecule has 0 fully saturated rings. The maximum absolute atomic E-state index is 4.52. The van der Waals surface area contributed by atoms with Crippen molar-refractivity contribution >= 4 is 43.0 Å². The first kappa shape index (κ1) is 11.9. The average Bonchev–Trinajstić information content (AvgIpc) is 2.74. The van der Waals surface area contributed by atoms with Crippen molar-refractivity contribution in [1.29, 1.82) is 0 Å². The Balaban J connectivity index is 2.22. The third kappa shape index (κ3) is 2.08. The number of imidazole rings is 1. The van der Waals surface area contributed by atoms with Crippen LogP contribution in [0.15, 0.2) is 39.4 Å². The molecular weight excluding hydrogens is 358 g/mol. The van der Waals surface area contributed by atoms with E-state index in [1.165, 1.54) is 5.56 Å². The van der Waals surface area contributed by atoms with Crippen LogP contribution in [-0.2, 0) is 0 Å². The predicted molar refractivity (Wildman–Crippen MR) is 79.5 cm³/mol. The van der Waals surface area contributed by atoms with Crippen LogP contribution in [0.25, 0.3) is 22.6 Å². The van der Waals surface area contributed by atoms with Crippen LogP contribution in [0.3, 0.4) is 0 Å². The number of H-pyrrole nitrogens is 1. The molecule has 3 nitrogen and oxygen atoms in total. The van der Waals surface area contributed by atoms with Gasteiger partial charge in [0.1, 0.15) is 5.82 Å². The topological polar surface area (TPSA) is 41.6 Å². The molecule has 0 spiro atoms. The summed E-state index contributed by atoms with van der Waals surface area (Å²) in [5.74, 6) is 0.842. The van der Waals surface area contributed by atoms with Gasteiger partial charge in [0.05, 0.1) is 5.52 Å². The summed E-state index contributed by atoms with van der Waals surface area (Å²) in [6.45, 7) is 2.07. The van der Waals surface area contributed by atoms with Crippen molar-refractivity contribution in [1.82, 2.24) is 15.0 Å². The third-order valence-electron chi connectivity index (χ3n) is 2.76. The van der Waals surface area contributed by atoms with Crippen LogP contribution in [0.2, 0.25) is 0 Å². The Morgan fingerprint density at radius 1 is 1.11 bits per heavy atom. The fraction of sp³-hybridized carbons (Fsp3) is 0.0769. The van der Waals surface area contributed by atoms with Crippen molar-refractivity contribution in [2.75, 3.05) is 0 Å². The lowest BCUT2D eigenvalue weighted by atomic mass is 10.1. The molecule has 0 aliphatic carbocycles. The average molecular weight is 367 g/mol. The number of aryl methyl sites for hydroxylation is 1. The number of hydrogen-bond acceptors (Lipinski definition) is 2.